The van der Waals surface area contributed by atoms with Crippen LogP contribution in [0, 0.1) is 0 Å². The number of hydrogen-bond acceptors (Lipinski definition) is 3. The van der Waals surface area contributed by atoms with Crippen LogP contribution in [-0.4, -0.2) is 37.0 Å². The van der Waals surface area contributed by atoms with Crippen LogP contribution >= 0.6 is 0 Å². The number of anilines is 1. The van der Waals surface area contributed by atoms with E-state index in [1.165, 1.54) is 0 Å². The van der Waals surface area contributed by atoms with Crippen LogP contribution in [0.2, 0.25) is 0 Å². The molecule has 0 heterocycles. The quantitative estimate of drug-likeness (QED) is 0.826. The normalized spacial score (nSPS) is 11.7. The van der Waals surface area contributed by atoms with Crippen LogP contribution in [-0.2, 0) is 11.3 Å². The van der Waals surface area contributed by atoms with Crippen LogP contribution in [0.1, 0.15) is 26.3 Å². The van der Waals surface area contributed by atoms with Crippen molar-refractivity contribution in [3.63, 3.8) is 0 Å². The summed E-state index contributed by atoms with van der Waals surface area (Å²) in [6.07, 6.45) is 0. The number of nitrogens with one attached hydrogen (secondary N) is 2. The van der Waals surface area contributed by atoms with Gasteiger partial charge in [-0.1, -0.05) is 25.1 Å². The third-order valence-electron chi connectivity index (χ3n) is 2.94. The van der Waals surface area contributed by atoms with E-state index in [9.17, 15) is 4.79 Å². The first kappa shape index (κ1) is 15.7. The monoisotopic (exact) mass is 263 g/mol. The van der Waals surface area contributed by atoms with Crippen molar-refractivity contribution < 1.29 is 4.79 Å². The maximum Gasteiger partial charge on any atom is 0.244 e. The Labute approximate surface area is 116 Å². The standard InChI is InChI=1S/C15H25N3O/c1-6-16-15(2,3)14(19)17-13-10-8-7-9-12(13)11-18(4)5/h7-10,16H,6,11H2,1-5H3,(H,17,19). The second-order valence-corrected chi connectivity index (χ2v) is 5.50. The van der Waals surface area contributed by atoms with E-state index in [1.54, 1.807) is 0 Å². The van der Waals surface area contributed by atoms with Gasteiger partial charge in [-0.15, -0.1) is 0 Å². The number of carbonyl (C=O) groups is 1. The second-order valence-electron chi connectivity index (χ2n) is 5.50. The van der Waals surface area contributed by atoms with Crippen molar-refractivity contribution in [3.05, 3.63) is 29.8 Å². The Kier molecular flexibility index (Phi) is 5.51. The molecule has 0 spiro atoms. The Morgan fingerprint density at radius 1 is 1.26 bits per heavy atom. The van der Waals surface area contributed by atoms with Gasteiger partial charge in [0.2, 0.25) is 5.91 Å². The van der Waals surface area contributed by atoms with Crippen molar-refractivity contribution in [1.82, 2.24) is 10.2 Å². The molecular weight excluding hydrogens is 238 g/mol. The van der Waals surface area contributed by atoms with Crippen molar-refractivity contribution >= 4 is 11.6 Å². The second kappa shape index (κ2) is 6.68. The van der Waals surface area contributed by atoms with E-state index >= 15 is 0 Å². The van der Waals surface area contributed by atoms with Crippen LogP contribution < -0.4 is 10.6 Å². The minimum Gasteiger partial charge on any atom is -0.324 e. The molecule has 0 unspecified atom stereocenters. The largest absolute Gasteiger partial charge is 0.324 e. The molecule has 0 aliphatic heterocycles. The maximum atomic E-state index is 12.3. The number of benzene rings is 1. The van der Waals surface area contributed by atoms with E-state index < -0.39 is 5.54 Å². The molecule has 1 aromatic rings. The van der Waals surface area contributed by atoms with Gasteiger partial charge in [-0.25, -0.2) is 0 Å². The molecule has 19 heavy (non-hydrogen) atoms. The van der Waals surface area contributed by atoms with E-state index in [1.807, 2.05) is 59.1 Å². The molecule has 0 fully saturated rings. The SMILES string of the molecule is CCNC(C)(C)C(=O)Nc1ccccc1CN(C)C. The molecule has 1 rings (SSSR count). The zero-order chi connectivity index (χ0) is 14.5. The van der Waals surface area contributed by atoms with Crippen molar-refractivity contribution in [3.8, 4) is 0 Å². The predicted octanol–water partition coefficient (Wildman–Crippen LogP) is 2.07. The van der Waals surface area contributed by atoms with Gasteiger partial charge in [0, 0.05) is 12.2 Å². The lowest BCUT2D eigenvalue weighted by molar-refractivity contribution is -0.121. The van der Waals surface area contributed by atoms with Gasteiger partial charge in [0.25, 0.3) is 0 Å². The van der Waals surface area contributed by atoms with Gasteiger partial charge in [-0.2, -0.15) is 0 Å². The first-order chi connectivity index (χ1) is 8.86. The van der Waals surface area contributed by atoms with Gasteiger partial charge in [0.15, 0.2) is 0 Å². The molecule has 0 bridgehead atoms. The number of rotatable bonds is 6. The molecule has 106 valence electrons. The molecule has 4 heteroatoms. The zero-order valence-electron chi connectivity index (χ0n) is 12.6. The topological polar surface area (TPSA) is 44.4 Å². The lowest BCUT2D eigenvalue weighted by atomic mass is 10.0. The van der Waals surface area contributed by atoms with E-state index in [0.717, 1.165) is 24.3 Å². The Hall–Kier alpha value is -1.39. The molecule has 2 N–H and O–H groups in total. The van der Waals surface area contributed by atoms with Crippen molar-refractivity contribution in [2.45, 2.75) is 32.9 Å². The molecule has 4 nitrogen and oxygen atoms in total. The third kappa shape index (κ3) is 4.65. The van der Waals surface area contributed by atoms with Crippen molar-refractivity contribution in [1.29, 1.82) is 0 Å². The molecule has 0 aromatic heterocycles. The van der Waals surface area contributed by atoms with Crippen LogP contribution in [0.3, 0.4) is 0 Å². The zero-order valence-corrected chi connectivity index (χ0v) is 12.6. The molecule has 0 aliphatic carbocycles. The average Bonchev–Trinajstić information content (AvgIpc) is 2.30. The highest BCUT2D eigenvalue weighted by atomic mass is 16.2. The summed E-state index contributed by atoms with van der Waals surface area (Å²) in [4.78, 5) is 14.4. The minimum atomic E-state index is -0.569. The van der Waals surface area contributed by atoms with E-state index in [0.29, 0.717) is 0 Å². The number of para-hydroxylation sites is 1. The fraction of sp³-hybridized carbons (Fsp3) is 0.533. The van der Waals surface area contributed by atoms with Gasteiger partial charge < -0.3 is 15.5 Å². The molecule has 0 saturated heterocycles. The number of nitrogens with zero attached hydrogens (tertiary/aromatic N) is 1. The highest BCUT2D eigenvalue weighted by molar-refractivity contribution is 5.98. The summed E-state index contributed by atoms with van der Waals surface area (Å²) in [5, 5.41) is 6.19. The fourth-order valence-corrected chi connectivity index (χ4v) is 1.92. The van der Waals surface area contributed by atoms with Crippen molar-refractivity contribution in [2.24, 2.45) is 0 Å². The third-order valence-corrected chi connectivity index (χ3v) is 2.94. The molecular formula is C15H25N3O. The fourth-order valence-electron chi connectivity index (χ4n) is 1.92. The summed E-state index contributed by atoms with van der Waals surface area (Å²) < 4.78 is 0. The highest BCUT2D eigenvalue weighted by Gasteiger charge is 2.26. The maximum absolute atomic E-state index is 12.3. The van der Waals surface area contributed by atoms with Gasteiger partial charge in [0.05, 0.1) is 5.54 Å². The van der Waals surface area contributed by atoms with E-state index in [4.69, 9.17) is 0 Å². The average molecular weight is 263 g/mol. The molecule has 0 atom stereocenters. The number of amides is 1. The molecule has 1 amide bonds. The van der Waals surface area contributed by atoms with E-state index in [2.05, 4.69) is 15.5 Å². The summed E-state index contributed by atoms with van der Waals surface area (Å²) in [6, 6.07) is 7.91. The highest BCUT2D eigenvalue weighted by Crippen LogP contribution is 2.18. The van der Waals surface area contributed by atoms with E-state index in [-0.39, 0.29) is 5.91 Å². The lowest BCUT2D eigenvalue weighted by Crippen LogP contribution is -2.49. The van der Waals surface area contributed by atoms with Gasteiger partial charge in [-0.3, -0.25) is 4.79 Å². The molecule has 0 radical (unpaired) electrons. The van der Waals surface area contributed by atoms with Crippen LogP contribution in [0.4, 0.5) is 5.69 Å². The molecule has 0 aliphatic rings. The van der Waals surface area contributed by atoms with Gasteiger partial charge >= 0.3 is 0 Å². The Balaban J connectivity index is 2.84. The molecule has 0 saturated carbocycles. The van der Waals surface area contributed by atoms with Gasteiger partial charge in [0.1, 0.15) is 0 Å². The molecule has 1 aromatic carbocycles. The van der Waals surface area contributed by atoms with Crippen LogP contribution in [0.5, 0.6) is 0 Å². The predicted molar refractivity (Wildman–Crippen MR) is 80.2 cm³/mol. The number of hydrogen-bond donors (Lipinski definition) is 2. The van der Waals surface area contributed by atoms with Crippen molar-refractivity contribution in [2.75, 3.05) is 26.0 Å². The van der Waals surface area contributed by atoms with Crippen LogP contribution in [0.15, 0.2) is 24.3 Å². The number of likely N-dealkylation sites (N-methyl/N-ethyl adjacent to an activating group) is 1. The summed E-state index contributed by atoms with van der Waals surface area (Å²) in [6.45, 7) is 7.34. The summed E-state index contributed by atoms with van der Waals surface area (Å²) >= 11 is 0. The number of carbonyl (C=O) groups excluding carboxylic acids is 1. The summed E-state index contributed by atoms with van der Waals surface area (Å²) in [7, 11) is 4.03. The Morgan fingerprint density at radius 2 is 1.89 bits per heavy atom. The smallest absolute Gasteiger partial charge is 0.244 e. The Bertz CT molecular complexity index is 427. The van der Waals surface area contributed by atoms with Crippen LogP contribution in [0.25, 0.3) is 0 Å². The first-order valence-electron chi connectivity index (χ1n) is 6.66. The Morgan fingerprint density at radius 3 is 2.47 bits per heavy atom. The lowest BCUT2D eigenvalue weighted by Gasteiger charge is -2.25. The van der Waals surface area contributed by atoms with Gasteiger partial charge in [-0.05, 0) is 46.1 Å². The minimum absolute atomic E-state index is 0.0134. The summed E-state index contributed by atoms with van der Waals surface area (Å²) in [5.41, 5.74) is 1.43. The first-order valence-corrected chi connectivity index (χ1v) is 6.66. The summed E-state index contributed by atoms with van der Waals surface area (Å²) in [5.74, 6) is -0.0134.